The van der Waals surface area contributed by atoms with Gasteiger partial charge >= 0.3 is 11.9 Å². The SMILES string of the molecule is CCCC(OC(=O)C1CC2C=CC1C2)OC(=O)C1CC2C=CC1C2. The van der Waals surface area contributed by atoms with Gasteiger partial charge in [0.1, 0.15) is 0 Å². The van der Waals surface area contributed by atoms with E-state index >= 15 is 0 Å². The van der Waals surface area contributed by atoms with Gasteiger partial charge in [0, 0.05) is 6.42 Å². The minimum Gasteiger partial charge on any atom is -0.425 e. The lowest BCUT2D eigenvalue weighted by Gasteiger charge is -2.24. The molecule has 0 aromatic rings. The highest BCUT2D eigenvalue weighted by atomic mass is 16.7. The van der Waals surface area contributed by atoms with Gasteiger partial charge in [-0.1, -0.05) is 31.2 Å². The van der Waals surface area contributed by atoms with Crippen molar-refractivity contribution in [1.82, 2.24) is 0 Å². The minimum absolute atomic E-state index is 0.0523. The summed E-state index contributed by atoms with van der Waals surface area (Å²) in [6, 6.07) is 0. The Hall–Kier alpha value is -1.58. The first-order chi connectivity index (χ1) is 11.6. The number of esters is 2. The first kappa shape index (κ1) is 15.9. The van der Waals surface area contributed by atoms with Crippen LogP contribution in [0.5, 0.6) is 0 Å². The molecule has 0 aromatic heterocycles. The first-order valence-electron chi connectivity index (χ1n) is 9.41. The molecule has 4 rings (SSSR count). The maximum absolute atomic E-state index is 12.5. The van der Waals surface area contributed by atoms with Crippen LogP contribution in [0, 0.1) is 35.5 Å². The molecule has 0 aromatic carbocycles. The largest absolute Gasteiger partial charge is 0.425 e. The van der Waals surface area contributed by atoms with Gasteiger partial charge in [-0.3, -0.25) is 9.59 Å². The number of ether oxygens (including phenoxy) is 2. The van der Waals surface area contributed by atoms with E-state index in [0.29, 0.717) is 30.1 Å². The van der Waals surface area contributed by atoms with Crippen LogP contribution >= 0.6 is 0 Å². The van der Waals surface area contributed by atoms with Gasteiger partial charge in [-0.25, -0.2) is 0 Å². The highest BCUT2D eigenvalue weighted by Crippen LogP contribution is 2.45. The van der Waals surface area contributed by atoms with E-state index in [9.17, 15) is 9.59 Å². The normalized spacial score (nSPS) is 39.4. The lowest BCUT2D eigenvalue weighted by Crippen LogP contribution is -2.32. The fourth-order valence-corrected chi connectivity index (χ4v) is 4.91. The fourth-order valence-electron chi connectivity index (χ4n) is 4.91. The number of hydrogen-bond donors (Lipinski definition) is 0. The summed E-state index contributed by atoms with van der Waals surface area (Å²) in [7, 11) is 0. The fraction of sp³-hybridized carbons (Fsp3) is 0.700. The first-order valence-corrected chi connectivity index (χ1v) is 9.41. The summed E-state index contributed by atoms with van der Waals surface area (Å²) in [6.07, 6.45) is 13.3. The van der Waals surface area contributed by atoms with Crippen LogP contribution in [-0.2, 0) is 19.1 Å². The van der Waals surface area contributed by atoms with Crippen LogP contribution in [0.3, 0.4) is 0 Å². The van der Waals surface area contributed by atoms with Gasteiger partial charge in [0.25, 0.3) is 0 Å². The molecule has 0 aliphatic heterocycles. The highest BCUT2D eigenvalue weighted by Gasteiger charge is 2.43. The van der Waals surface area contributed by atoms with Gasteiger partial charge in [0.15, 0.2) is 0 Å². The van der Waals surface area contributed by atoms with Crippen molar-refractivity contribution in [3.63, 3.8) is 0 Å². The van der Waals surface area contributed by atoms with Crippen molar-refractivity contribution in [3.05, 3.63) is 24.3 Å². The molecule has 2 saturated carbocycles. The summed E-state index contributed by atoms with van der Waals surface area (Å²) in [5.74, 6) is 1.21. The lowest BCUT2D eigenvalue weighted by molar-refractivity contribution is -0.195. The number of hydrogen-bond acceptors (Lipinski definition) is 4. The Bertz CT molecular complexity index is 530. The standard InChI is InChI=1S/C20H26O4/c1-2-3-18(23-19(21)16-10-12-4-6-14(16)8-12)24-20(22)17-11-13-5-7-15(17)9-13/h4-7,12-18H,2-3,8-11H2,1H3. The summed E-state index contributed by atoms with van der Waals surface area (Å²) in [5, 5.41) is 0. The zero-order valence-electron chi connectivity index (χ0n) is 14.2. The van der Waals surface area contributed by atoms with Gasteiger partial charge in [-0.05, 0) is 55.8 Å². The van der Waals surface area contributed by atoms with Crippen molar-refractivity contribution in [2.75, 3.05) is 0 Å². The van der Waals surface area contributed by atoms with Gasteiger partial charge < -0.3 is 9.47 Å². The van der Waals surface area contributed by atoms with Crippen molar-refractivity contribution in [3.8, 4) is 0 Å². The van der Waals surface area contributed by atoms with Crippen molar-refractivity contribution < 1.29 is 19.1 Å². The Balaban J connectivity index is 1.34. The molecule has 0 radical (unpaired) electrons. The van der Waals surface area contributed by atoms with E-state index in [1.807, 2.05) is 6.92 Å². The Morgan fingerprint density at radius 1 is 0.875 bits per heavy atom. The molecule has 2 fully saturated rings. The van der Waals surface area contributed by atoms with Crippen LogP contribution in [-0.4, -0.2) is 18.2 Å². The third-order valence-corrected chi connectivity index (χ3v) is 6.18. The zero-order valence-corrected chi connectivity index (χ0v) is 14.2. The molecular formula is C20H26O4. The van der Waals surface area contributed by atoms with Crippen molar-refractivity contribution in [2.24, 2.45) is 35.5 Å². The molecule has 24 heavy (non-hydrogen) atoms. The van der Waals surface area contributed by atoms with Gasteiger partial charge in [0.2, 0.25) is 6.29 Å². The van der Waals surface area contributed by atoms with E-state index in [2.05, 4.69) is 24.3 Å². The number of fused-ring (bicyclic) bond motifs is 4. The third kappa shape index (κ3) is 2.91. The molecule has 0 saturated heterocycles. The number of rotatable bonds is 6. The average molecular weight is 330 g/mol. The van der Waals surface area contributed by atoms with E-state index in [0.717, 1.165) is 32.1 Å². The van der Waals surface area contributed by atoms with E-state index < -0.39 is 6.29 Å². The molecule has 0 N–H and O–H groups in total. The maximum Gasteiger partial charge on any atom is 0.312 e. The average Bonchev–Trinajstić information content (AvgIpc) is 3.34. The van der Waals surface area contributed by atoms with Crippen LogP contribution in [0.2, 0.25) is 0 Å². The molecular weight excluding hydrogens is 304 g/mol. The van der Waals surface area contributed by atoms with E-state index in [-0.39, 0.29) is 23.8 Å². The monoisotopic (exact) mass is 330 g/mol. The van der Waals surface area contributed by atoms with Crippen LogP contribution < -0.4 is 0 Å². The molecule has 130 valence electrons. The summed E-state index contributed by atoms with van der Waals surface area (Å²) in [6.45, 7) is 2.01. The predicted octanol–water partition coefficient (Wildman–Crippen LogP) is 3.62. The summed E-state index contributed by atoms with van der Waals surface area (Å²) < 4.78 is 11.2. The topological polar surface area (TPSA) is 52.6 Å². The second-order valence-corrected chi connectivity index (χ2v) is 7.87. The molecule has 4 aliphatic rings. The number of allylic oxidation sites excluding steroid dienone is 4. The molecule has 0 spiro atoms. The molecule has 6 unspecified atom stereocenters. The molecule has 4 aliphatic carbocycles. The van der Waals surface area contributed by atoms with Gasteiger partial charge in [-0.2, -0.15) is 0 Å². The van der Waals surface area contributed by atoms with Crippen molar-refractivity contribution >= 4 is 11.9 Å². The summed E-state index contributed by atoms with van der Waals surface area (Å²) >= 11 is 0. The molecule has 6 atom stereocenters. The van der Waals surface area contributed by atoms with E-state index in [1.54, 1.807) is 0 Å². The minimum atomic E-state index is -0.721. The third-order valence-electron chi connectivity index (χ3n) is 6.18. The smallest absolute Gasteiger partial charge is 0.312 e. The maximum atomic E-state index is 12.5. The molecule has 0 amide bonds. The second-order valence-electron chi connectivity index (χ2n) is 7.87. The van der Waals surface area contributed by atoms with E-state index in [4.69, 9.17) is 9.47 Å². The number of carbonyl (C=O) groups excluding carboxylic acids is 2. The molecule has 4 heteroatoms. The number of carbonyl (C=O) groups is 2. The summed E-state index contributed by atoms with van der Waals surface area (Å²) in [4.78, 5) is 25.0. The molecule has 4 nitrogen and oxygen atoms in total. The van der Waals surface area contributed by atoms with Crippen LogP contribution in [0.4, 0.5) is 0 Å². The quantitative estimate of drug-likeness (QED) is 0.424. The van der Waals surface area contributed by atoms with Gasteiger partial charge in [-0.15, -0.1) is 0 Å². The Morgan fingerprint density at radius 2 is 1.38 bits per heavy atom. The van der Waals surface area contributed by atoms with Crippen LogP contribution in [0.15, 0.2) is 24.3 Å². The van der Waals surface area contributed by atoms with Gasteiger partial charge in [0.05, 0.1) is 11.8 Å². The Kier molecular flexibility index (Phi) is 4.23. The molecule has 4 bridgehead atoms. The predicted molar refractivity (Wildman–Crippen MR) is 88.6 cm³/mol. The van der Waals surface area contributed by atoms with E-state index in [1.165, 1.54) is 0 Å². The Morgan fingerprint density at radius 3 is 1.71 bits per heavy atom. The zero-order chi connectivity index (χ0) is 16.7. The van der Waals surface area contributed by atoms with Crippen molar-refractivity contribution in [1.29, 1.82) is 0 Å². The molecule has 0 heterocycles. The second kappa shape index (κ2) is 6.38. The lowest BCUT2D eigenvalue weighted by atomic mass is 9.94. The van der Waals surface area contributed by atoms with Crippen LogP contribution in [0.1, 0.15) is 45.4 Å². The summed E-state index contributed by atoms with van der Waals surface area (Å²) in [5.41, 5.74) is 0. The highest BCUT2D eigenvalue weighted by molar-refractivity contribution is 5.76. The van der Waals surface area contributed by atoms with Crippen LogP contribution in [0.25, 0.3) is 0 Å². The van der Waals surface area contributed by atoms with Crippen molar-refractivity contribution in [2.45, 2.75) is 51.7 Å². The Labute approximate surface area is 143 Å².